The lowest BCUT2D eigenvalue weighted by Crippen LogP contribution is -2.11. The zero-order valence-corrected chi connectivity index (χ0v) is 12.7. The lowest BCUT2D eigenvalue weighted by molar-refractivity contribution is -0.141. The van der Waals surface area contributed by atoms with E-state index in [1.54, 1.807) is 0 Å². The number of hydrogen-bond acceptors (Lipinski definition) is 3. The molecule has 0 bridgehead atoms. The lowest BCUT2D eigenvalue weighted by atomic mass is 10.1. The number of aliphatic imine (C=N–C) groups is 1. The number of nitrogens with zero attached hydrogens (tertiary/aromatic N) is 1. The molecule has 22 heavy (non-hydrogen) atoms. The zero-order valence-electron chi connectivity index (χ0n) is 12.7. The van der Waals surface area contributed by atoms with Crippen LogP contribution in [0.4, 0.5) is 0 Å². The Labute approximate surface area is 130 Å². The topological polar surface area (TPSA) is 38.7 Å². The van der Waals surface area contributed by atoms with Crippen LogP contribution in [0, 0.1) is 0 Å². The normalized spacial score (nSPS) is 11.8. The summed E-state index contributed by atoms with van der Waals surface area (Å²) in [4.78, 5) is 16.3. The number of esters is 1. The van der Waals surface area contributed by atoms with Crippen LogP contribution in [0.15, 0.2) is 53.5 Å². The fraction of sp³-hybridized carbons (Fsp3) is 0.263. The van der Waals surface area contributed by atoms with Gasteiger partial charge in [0.2, 0.25) is 0 Å². The van der Waals surface area contributed by atoms with E-state index < -0.39 is 0 Å². The summed E-state index contributed by atoms with van der Waals surface area (Å²) < 4.78 is 5.17. The molecule has 0 amide bonds. The van der Waals surface area contributed by atoms with E-state index in [0.717, 1.165) is 29.7 Å². The fourth-order valence-corrected chi connectivity index (χ4v) is 2.68. The van der Waals surface area contributed by atoms with Crippen molar-refractivity contribution in [3.8, 4) is 11.1 Å². The molecule has 0 spiro atoms. The van der Waals surface area contributed by atoms with Crippen molar-refractivity contribution in [3.05, 3.63) is 59.7 Å². The SMILES string of the molecule is CCCCOC(=O)CN=C1c2ccccc2-c2ccccc21. The van der Waals surface area contributed by atoms with Gasteiger partial charge in [0, 0.05) is 11.1 Å². The number of unbranched alkanes of at least 4 members (excludes halogenated alkanes) is 1. The summed E-state index contributed by atoms with van der Waals surface area (Å²) in [7, 11) is 0. The maximum atomic E-state index is 11.8. The lowest BCUT2D eigenvalue weighted by Gasteiger charge is -2.03. The van der Waals surface area contributed by atoms with E-state index in [-0.39, 0.29) is 12.5 Å². The first-order valence-electron chi connectivity index (χ1n) is 7.70. The minimum Gasteiger partial charge on any atom is -0.464 e. The summed E-state index contributed by atoms with van der Waals surface area (Å²) in [6.45, 7) is 2.62. The molecular weight excluding hydrogens is 274 g/mol. The van der Waals surface area contributed by atoms with Gasteiger partial charge in [0.05, 0.1) is 12.3 Å². The van der Waals surface area contributed by atoms with Crippen molar-refractivity contribution in [2.45, 2.75) is 19.8 Å². The highest BCUT2D eigenvalue weighted by Gasteiger charge is 2.23. The van der Waals surface area contributed by atoms with Crippen molar-refractivity contribution in [1.29, 1.82) is 0 Å². The van der Waals surface area contributed by atoms with Gasteiger partial charge in [0.15, 0.2) is 0 Å². The first kappa shape index (κ1) is 14.5. The Kier molecular flexibility index (Phi) is 4.33. The van der Waals surface area contributed by atoms with E-state index in [1.165, 1.54) is 11.1 Å². The standard InChI is InChI=1S/C19H19NO2/c1-2-3-12-22-18(21)13-20-19-16-10-6-4-8-14(16)15-9-5-7-11-17(15)19/h4-11H,2-3,12-13H2,1H3. The number of fused-ring (bicyclic) bond motifs is 3. The molecule has 0 heterocycles. The van der Waals surface area contributed by atoms with Gasteiger partial charge in [0.1, 0.15) is 6.54 Å². The number of carbonyl (C=O) groups excluding carboxylic acids is 1. The summed E-state index contributed by atoms with van der Waals surface area (Å²) in [5.41, 5.74) is 5.42. The summed E-state index contributed by atoms with van der Waals surface area (Å²) in [6, 6.07) is 16.3. The highest BCUT2D eigenvalue weighted by molar-refractivity contribution is 6.24. The van der Waals surface area contributed by atoms with Gasteiger partial charge in [-0.3, -0.25) is 9.79 Å². The first-order chi connectivity index (χ1) is 10.8. The van der Waals surface area contributed by atoms with Crippen LogP contribution in [-0.4, -0.2) is 24.8 Å². The first-order valence-corrected chi connectivity index (χ1v) is 7.70. The van der Waals surface area contributed by atoms with Crippen LogP contribution in [0.25, 0.3) is 11.1 Å². The van der Waals surface area contributed by atoms with Crippen LogP contribution < -0.4 is 0 Å². The summed E-state index contributed by atoms with van der Waals surface area (Å²) in [6.07, 6.45) is 1.91. The predicted molar refractivity (Wildman–Crippen MR) is 88.3 cm³/mol. The van der Waals surface area contributed by atoms with Crippen molar-refractivity contribution in [2.75, 3.05) is 13.2 Å². The molecule has 0 radical (unpaired) electrons. The molecule has 0 saturated carbocycles. The molecule has 0 fully saturated rings. The van der Waals surface area contributed by atoms with Crippen LogP contribution in [0.2, 0.25) is 0 Å². The third kappa shape index (κ3) is 2.80. The van der Waals surface area contributed by atoms with Gasteiger partial charge in [-0.15, -0.1) is 0 Å². The average Bonchev–Trinajstić information content (AvgIpc) is 2.87. The number of benzene rings is 2. The van der Waals surface area contributed by atoms with E-state index in [0.29, 0.717) is 6.61 Å². The Bertz CT molecular complexity index is 671. The third-order valence-electron chi connectivity index (χ3n) is 3.78. The minimum absolute atomic E-state index is 0.0711. The predicted octanol–water partition coefficient (Wildman–Crippen LogP) is 3.85. The smallest absolute Gasteiger partial charge is 0.327 e. The summed E-state index contributed by atoms with van der Waals surface area (Å²) >= 11 is 0. The molecule has 3 heteroatoms. The number of rotatable bonds is 5. The van der Waals surface area contributed by atoms with Crippen molar-refractivity contribution in [3.63, 3.8) is 0 Å². The van der Waals surface area contributed by atoms with Gasteiger partial charge in [-0.25, -0.2) is 0 Å². The Morgan fingerprint density at radius 2 is 1.50 bits per heavy atom. The van der Waals surface area contributed by atoms with Gasteiger partial charge < -0.3 is 4.74 Å². The molecule has 3 nitrogen and oxygen atoms in total. The maximum absolute atomic E-state index is 11.8. The van der Waals surface area contributed by atoms with Crippen LogP contribution in [0.3, 0.4) is 0 Å². The molecule has 1 aliphatic carbocycles. The monoisotopic (exact) mass is 293 g/mol. The van der Waals surface area contributed by atoms with E-state index in [4.69, 9.17) is 4.74 Å². The molecule has 0 unspecified atom stereocenters. The highest BCUT2D eigenvalue weighted by atomic mass is 16.5. The minimum atomic E-state index is -0.261. The van der Waals surface area contributed by atoms with Crippen LogP contribution >= 0.6 is 0 Å². The molecule has 0 saturated heterocycles. The molecular formula is C19H19NO2. The van der Waals surface area contributed by atoms with Gasteiger partial charge in [-0.05, 0) is 17.5 Å². The fourth-order valence-electron chi connectivity index (χ4n) is 2.68. The molecule has 0 aliphatic heterocycles. The molecule has 0 aromatic heterocycles. The average molecular weight is 293 g/mol. The second-order valence-corrected chi connectivity index (χ2v) is 5.33. The number of hydrogen-bond donors (Lipinski definition) is 0. The van der Waals surface area contributed by atoms with Crippen LogP contribution in [0.1, 0.15) is 30.9 Å². The molecule has 2 aromatic rings. The second-order valence-electron chi connectivity index (χ2n) is 5.33. The van der Waals surface area contributed by atoms with Crippen LogP contribution in [-0.2, 0) is 9.53 Å². The third-order valence-corrected chi connectivity index (χ3v) is 3.78. The van der Waals surface area contributed by atoms with E-state index in [1.807, 2.05) is 24.3 Å². The Balaban J connectivity index is 1.84. The van der Waals surface area contributed by atoms with Crippen molar-refractivity contribution < 1.29 is 9.53 Å². The molecule has 2 aromatic carbocycles. The van der Waals surface area contributed by atoms with Crippen molar-refractivity contribution in [2.24, 2.45) is 4.99 Å². The Morgan fingerprint density at radius 3 is 2.05 bits per heavy atom. The largest absolute Gasteiger partial charge is 0.464 e. The maximum Gasteiger partial charge on any atom is 0.327 e. The van der Waals surface area contributed by atoms with Crippen molar-refractivity contribution in [1.82, 2.24) is 0 Å². The number of ether oxygens (including phenoxy) is 1. The quantitative estimate of drug-likeness (QED) is 0.529. The van der Waals surface area contributed by atoms with Gasteiger partial charge in [-0.1, -0.05) is 61.9 Å². The molecule has 1 aliphatic rings. The highest BCUT2D eigenvalue weighted by Crippen LogP contribution is 2.36. The van der Waals surface area contributed by atoms with E-state index in [2.05, 4.69) is 36.2 Å². The van der Waals surface area contributed by atoms with E-state index in [9.17, 15) is 4.79 Å². The Hall–Kier alpha value is -2.42. The second kappa shape index (κ2) is 6.56. The zero-order chi connectivity index (χ0) is 15.4. The molecule has 0 N–H and O–H groups in total. The molecule has 0 atom stereocenters. The van der Waals surface area contributed by atoms with Crippen molar-refractivity contribution >= 4 is 11.7 Å². The van der Waals surface area contributed by atoms with Crippen LogP contribution in [0.5, 0.6) is 0 Å². The molecule has 112 valence electrons. The molecule has 3 rings (SSSR count). The Morgan fingerprint density at radius 1 is 0.955 bits per heavy atom. The van der Waals surface area contributed by atoms with Gasteiger partial charge in [0.25, 0.3) is 0 Å². The summed E-state index contributed by atoms with van der Waals surface area (Å²) in [5, 5.41) is 0. The van der Waals surface area contributed by atoms with Gasteiger partial charge in [-0.2, -0.15) is 0 Å². The van der Waals surface area contributed by atoms with Gasteiger partial charge >= 0.3 is 5.97 Å². The summed E-state index contributed by atoms with van der Waals surface area (Å²) in [5.74, 6) is -0.261. The van der Waals surface area contributed by atoms with E-state index >= 15 is 0 Å². The number of carbonyl (C=O) groups is 1.